The molecule has 3 rings (SSSR count). The minimum Gasteiger partial charge on any atom is -0.444 e. The minimum absolute atomic E-state index is 0.0545. The predicted molar refractivity (Wildman–Crippen MR) is 83.2 cm³/mol. The maximum atomic E-state index is 14.1. The van der Waals surface area contributed by atoms with Crippen molar-refractivity contribution in [1.29, 1.82) is 0 Å². The summed E-state index contributed by atoms with van der Waals surface area (Å²) in [6, 6.07) is 7.21. The summed E-state index contributed by atoms with van der Waals surface area (Å²) in [5.74, 6) is -26.1. The molecule has 0 saturated heterocycles. The lowest BCUT2D eigenvalue weighted by atomic mass is 10.2. The Hall–Kier alpha value is -3.57. The van der Waals surface area contributed by atoms with E-state index in [9.17, 15) is 39.5 Å². The summed E-state index contributed by atoms with van der Waals surface area (Å²) in [5, 5.41) is 6.41. The molecule has 0 fully saturated rings. The molecule has 0 unspecified atom stereocenters. The van der Waals surface area contributed by atoms with E-state index in [1.165, 1.54) is 24.3 Å². The highest BCUT2D eigenvalue weighted by atomic mass is 19.2. The smallest absolute Gasteiger partial charge is 0.207 e. The van der Waals surface area contributed by atoms with Crippen molar-refractivity contribution in [2.45, 2.75) is 0 Å². The Labute approximate surface area is 161 Å². The van der Waals surface area contributed by atoms with E-state index < -0.39 is 69.5 Å². The molecular formula is C18H5F9N2O. The van der Waals surface area contributed by atoms with Crippen LogP contribution in [0.25, 0.3) is 0 Å². The summed E-state index contributed by atoms with van der Waals surface area (Å²) in [7, 11) is 0. The minimum atomic E-state index is -2.58. The fourth-order valence-electron chi connectivity index (χ4n) is 2.16. The third-order valence-electron chi connectivity index (χ3n) is 3.60. The Balaban J connectivity index is 2.10. The van der Waals surface area contributed by atoms with Crippen LogP contribution < -0.4 is 4.74 Å². The van der Waals surface area contributed by atoms with Crippen molar-refractivity contribution >= 4 is 11.4 Å². The zero-order valence-corrected chi connectivity index (χ0v) is 14.1. The van der Waals surface area contributed by atoms with Crippen molar-refractivity contribution in [3.8, 4) is 11.5 Å². The van der Waals surface area contributed by atoms with Crippen molar-refractivity contribution in [1.82, 2.24) is 0 Å². The van der Waals surface area contributed by atoms with Gasteiger partial charge in [0.2, 0.25) is 52.2 Å². The SMILES string of the molecule is Fc1c(F)c(F)c(Oc2c(F)c(F)c(N=Nc3ccccc3)c(F)c2F)c(F)c1F. The Bertz CT molecular complexity index is 1110. The van der Waals surface area contributed by atoms with Crippen LogP contribution in [0.5, 0.6) is 11.5 Å². The van der Waals surface area contributed by atoms with Crippen LogP contribution in [0.3, 0.4) is 0 Å². The average molecular weight is 436 g/mol. The first-order valence-electron chi connectivity index (χ1n) is 7.67. The quantitative estimate of drug-likeness (QED) is 0.185. The normalized spacial score (nSPS) is 11.4. The second-order valence-electron chi connectivity index (χ2n) is 5.47. The lowest BCUT2D eigenvalue weighted by Gasteiger charge is -2.13. The van der Waals surface area contributed by atoms with Crippen LogP contribution in [0.2, 0.25) is 0 Å². The molecule has 0 amide bonds. The summed E-state index contributed by atoms with van der Waals surface area (Å²) in [4.78, 5) is 0. The molecule has 0 aliphatic rings. The number of rotatable bonds is 4. The molecule has 0 saturated carbocycles. The van der Waals surface area contributed by atoms with Gasteiger partial charge in [-0.25, -0.2) is 22.0 Å². The summed E-state index contributed by atoms with van der Waals surface area (Å²) >= 11 is 0. The molecule has 0 N–H and O–H groups in total. The summed E-state index contributed by atoms with van der Waals surface area (Å²) in [6.07, 6.45) is 0. The van der Waals surface area contributed by atoms with Crippen LogP contribution >= 0.6 is 0 Å². The summed E-state index contributed by atoms with van der Waals surface area (Å²) in [6.45, 7) is 0. The number of hydrogen-bond acceptors (Lipinski definition) is 3. The Morgan fingerprint density at radius 1 is 0.467 bits per heavy atom. The summed E-state index contributed by atoms with van der Waals surface area (Å²) in [5.41, 5.74) is -1.50. The standard InChI is InChI=1S/C18H5F9N2O/c19-7-8(20)12(24)17(13(25)9(7)21)30-18-14(26)10(22)16(11(23)15(18)27)29-28-6-4-2-1-3-5-6/h1-5H. The number of nitrogens with zero attached hydrogens (tertiary/aromatic N) is 2. The maximum absolute atomic E-state index is 14.1. The molecule has 0 radical (unpaired) electrons. The monoisotopic (exact) mass is 436 g/mol. The fourth-order valence-corrected chi connectivity index (χ4v) is 2.16. The van der Waals surface area contributed by atoms with Crippen molar-refractivity contribution in [2.24, 2.45) is 10.2 Å². The van der Waals surface area contributed by atoms with Gasteiger partial charge in [-0.05, 0) is 12.1 Å². The molecular weight excluding hydrogens is 431 g/mol. The van der Waals surface area contributed by atoms with Gasteiger partial charge in [-0.2, -0.15) is 22.7 Å². The second kappa shape index (κ2) is 8.05. The molecule has 0 heterocycles. The largest absolute Gasteiger partial charge is 0.444 e. The number of azo groups is 1. The van der Waals surface area contributed by atoms with E-state index in [1.807, 2.05) is 0 Å². The van der Waals surface area contributed by atoms with Gasteiger partial charge in [-0.15, -0.1) is 5.11 Å². The van der Waals surface area contributed by atoms with Gasteiger partial charge < -0.3 is 4.74 Å². The van der Waals surface area contributed by atoms with Gasteiger partial charge in [0.25, 0.3) is 0 Å². The van der Waals surface area contributed by atoms with Crippen molar-refractivity contribution in [3.05, 3.63) is 82.7 Å². The van der Waals surface area contributed by atoms with Gasteiger partial charge in [0.15, 0.2) is 17.3 Å². The van der Waals surface area contributed by atoms with Crippen LogP contribution in [-0.4, -0.2) is 0 Å². The molecule has 156 valence electrons. The van der Waals surface area contributed by atoms with Gasteiger partial charge in [0.05, 0.1) is 5.69 Å². The lowest BCUT2D eigenvalue weighted by Crippen LogP contribution is -2.07. The topological polar surface area (TPSA) is 34.0 Å². The average Bonchev–Trinajstić information content (AvgIpc) is 2.75. The molecule has 0 spiro atoms. The van der Waals surface area contributed by atoms with Crippen LogP contribution in [-0.2, 0) is 0 Å². The highest BCUT2D eigenvalue weighted by Gasteiger charge is 2.32. The van der Waals surface area contributed by atoms with E-state index in [4.69, 9.17) is 0 Å². The molecule has 12 heteroatoms. The first-order chi connectivity index (χ1) is 14.1. The third kappa shape index (κ3) is 3.55. The van der Waals surface area contributed by atoms with Crippen LogP contribution in [0.4, 0.5) is 50.9 Å². The lowest BCUT2D eigenvalue weighted by molar-refractivity contribution is 0.309. The maximum Gasteiger partial charge on any atom is 0.207 e. The van der Waals surface area contributed by atoms with E-state index >= 15 is 0 Å². The highest BCUT2D eigenvalue weighted by molar-refractivity contribution is 5.49. The predicted octanol–water partition coefficient (Wildman–Crippen LogP) is 7.15. The third-order valence-corrected chi connectivity index (χ3v) is 3.60. The Kier molecular flexibility index (Phi) is 5.67. The molecule has 0 atom stereocenters. The van der Waals surface area contributed by atoms with E-state index in [0.29, 0.717) is 0 Å². The second-order valence-corrected chi connectivity index (χ2v) is 5.47. The number of ether oxygens (including phenoxy) is 1. The van der Waals surface area contributed by atoms with Crippen molar-refractivity contribution in [2.75, 3.05) is 0 Å². The van der Waals surface area contributed by atoms with Crippen LogP contribution in [0, 0.1) is 52.4 Å². The molecule has 30 heavy (non-hydrogen) atoms. The Morgan fingerprint density at radius 3 is 1.33 bits per heavy atom. The molecule has 0 aliphatic heterocycles. The Morgan fingerprint density at radius 2 is 0.867 bits per heavy atom. The van der Waals surface area contributed by atoms with Gasteiger partial charge in [-0.1, -0.05) is 18.2 Å². The molecule has 3 aromatic rings. The molecule has 3 aromatic carbocycles. The molecule has 0 aromatic heterocycles. The van der Waals surface area contributed by atoms with E-state index in [0.717, 1.165) is 0 Å². The van der Waals surface area contributed by atoms with E-state index in [-0.39, 0.29) is 5.69 Å². The van der Waals surface area contributed by atoms with Crippen LogP contribution in [0.15, 0.2) is 40.6 Å². The van der Waals surface area contributed by atoms with Crippen molar-refractivity contribution in [3.63, 3.8) is 0 Å². The van der Waals surface area contributed by atoms with Crippen LogP contribution in [0.1, 0.15) is 0 Å². The van der Waals surface area contributed by atoms with Gasteiger partial charge in [0.1, 0.15) is 0 Å². The highest BCUT2D eigenvalue weighted by Crippen LogP contribution is 2.40. The van der Waals surface area contributed by atoms with Gasteiger partial charge >= 0.3 is 0 Å². The number of benzene rings is 3. The zero-order valence-electron chi connectivity index (χ0n) is 14.1. The van der Waals surface area contributed by atoms with E-state index in [2.05, 4.69) is 15.0 Å². The van der Waals surface area contributed by atoms with Gasteiger partial charge in [-0.3, -0.25) is 0 Å². The summed E-state index contributed by atoms with van der Waals surface area (Å²) < 4.78 is 127. The number of hydrogen-bond donors (Lipinski definition) is 0. The first-order valence-corrected chi connectivity index (χ1v) is 7.67. The van der Waals surface area contributed by atoms with Gasteiger partial charge in [0, 0.05) is 0 Å². The zero-order chi connectivity index (χ0) is 22.2. The number of halogens is 9. The van der Waals surface area contributed by atoms with E-state index in [1.54, 1.807) is 6.07 Å². The molecule has 0 aliphatic carbocycles. The fraction of sp³-hybridized carbons (Fsp3) is 0. The molecule has 3 nitrogen and oxygen atoms in total. The first kappa shape index (κ1) is 21.1. The van der Waals surface area contributed by atoms with Crippen molar-refractivity contribution < 1.29 is 44.3 Å². The molecule has 0 bridgehead atoms.